The number of benzene rings is 2. The lowest BCUT2D eigenvalue weighted by atomic mass is 9.99. The molecule has 0 bridgehead atoms. The molecule has 1 unspecified atom stereocenters. The highest BCUT2D eigenvalue weighted by atomic mass is 79.9. The first-order chi connectivity index (χ1) is 9.52. The van der Waals surface area contributed by atoms with Crippen molar-refractivity contribution in [2.45, 2.75) is 12.5 Å². The molecule has 2 aromatic rings. The van der Waals surface area contributed by atoms with Gasteiger partial charge in [-0.3, -0.25) is 11.3 Å². The first-order valence-corrected chi connectivity index (χ1v) is 7.04. The van der Waals surface area contributed by atoms with Crippen molar-refractivity contribution in [3.05, 3.63) is 68.7 Å². The lowest BCUT2D eigenvalue weighted by molar-refractivity contribution is 0.543. The number of nitrogens with two attached hydrogens (primary N) is 1. The third kappa shape index (κ3) is 3.35. The molecule has 3 N–H and O–H groups in total. The fourth-order valence-corrected chi connectivity index (χ4v) is 2.73. The minimum atomic E-state index is -0.498. The van der Waals surface area contributed by atoms with E-state index in [4.69, 9.17) is 17.4 Å². The highest BCUT2D eigenvalue weighted by Crippen LogP contribution is 2.29. The Hall–Kier alpha value is -1.01. The first kappa shape index (κ1) is 15.4. The molecule has 0 aliphatic rings. The second-order valence-electron chi connectivity index (χ2n) is 4.30. The zero-order valence-corrected chi connectivity index (χ0v) is 12.7. The maximum absolute atomic E-state index is 13.5. The Morgan fingerprint density at radius 2 is 2.00 bits per heavy atom. The van der Waals surface area contributed by atoms with E-state index >= 15 is 0 Å². The van der Waals surface area contributed by atoms with Crippen molar-refractivity contribution in [3.8, 4) is 0 Å². The van der Waals surface area contributed by atoms with Crippen LogP contribution in [0.3, 0.4) is 0 Å². The quantitative estimate of drug-likeness (QED) is 0.635. The van der Waals surface area contributed by atoms with Crippen molar-refractivity contribution in [1.82, 2.24) is 5.43 Å². The molecule has 106 valence electrons. The van der Waals surface area contributed by atoms with Crippen LogP contribution in [0.5, 0.6) is 0 Å². The van der Waals surface area contributed by atoms with E-state index in [0.29, 0.717) is 16.5 Å². The van der Waals surface area contributed by atoms with Crippen molar-refractivity contribution in [2.75, 3.05) is 0 Å². The molecule has 1 atom stereocenters. The highest BCUT2D eigenvalue weighted by Gasteiger charge is 2.17. The van der Waals surface area contributed by atoms with Gasteiger partial charge in [-0.15, -0.1) is 0 Å². The molecule has 0 aliphatic heterocycles. The molecule has 0 fully saturated rings. The Labute approximate surface area is 129 Å². The van der Waals surface area contributed by atoms with Gasteiger partial charge in [0, 0.05) is 4.47 Å². The number of halogens is 4. The third-order valence-corrected chi connectivity index (χ3v) is 4.13. The summed E-state index contributed by atoms with van der Waals surface area (Å²) < 4.78 is 27.2. The van der Waals surface area contributed by atoms with Gasteiger partial charge >= 0.3 is 0 Å². The van der Waals surface area contributed by atoms with E-state index in [1.54, 1.807) is 18.2 Å². The van der Waals surface area contributed by atoms with Gasteiger partial charge in [-0.2, -0.15) is 0 Å². The second-order valence-corrected chi connectivity index (χ2v) is 5.53. The molecule has 2 rings (SSSR count). The molecule has 0 saturated carbocycles. The van der Waals surface area contributed by atoms with Crippen LogP contribution >= 0.6 is 27.5 Å². The summed E-state index contributed by atoms with van der Waals surface area (Å²) in [6.45, 7) is 0. The molecule has 2 aromatic carbocycles. The summed E-state index contributed by atoms with van der Waals surface area (Å²) in [5, 5.41) is 0.0358. The minimum Gasteiger partial charge on any atom is -0.271 e. The summed E-state index contributed by atoms with van der Waals surface area (Å²) in [6.07, 6.45) is 0.445. The average Bonchev–Trinajstić information content (AvgIpc) is 2.42. The van der Waals surface area contributed by atoms with Crippen molar-refractivity contribution in [2.24, 2.45) is 5.84 Å². The third-order valence-electron chi connectivity index (χ3n) is 3.00. The molecule has 6 heteroatoms. The van der Waals surface area contributed by atoms with E-state index in [9.17, 15) is 8.78 Å². The fourth-order valence-electron chi connectivity index (χ4n) is 1.96. The number of nitrogens with one attached hydrogen (secondary N) is 1. The summed E-state index contributed by atoms with van der Waals surface area (Å²) in [4.78, 5) is 0. The summed E-state index contributed by atoms with van der Waals surface area (Å²) in [5.74, 6) is 4.70. The largest absolute Gasteiger partial charge is 0.271 e. The van der Waals surface area contributed by atoms with E-state index in [2.05, 4.69) is 21.4 Å². The standard InChI is InChI=1S/C14H12BrClF2N2/c15-11-7-9(17)5-4-8(11)6-13(20-19)10-2-1-3-12(18)14(10)16/h1-5,7,13,20H,6,19H2. The molecule has 0 spiro atoms. The van der Waals surface area contributed by atoms with Crippen LogP contribution in [0.15, 0.2) is 40.9 Å². The minimum absolute atomic E-state index is 0.0358. The predicted molar refractivity (Wildman–Crippen MR) is 79.3 cm³/mol. The Kier molecular flexibility index (Phi) is 5.10. The van der Waals surface area contributed by atoms with Gasteiger partial charge in [0.2, 0.25) is 0 Å². The molecule has 20 heavy (non-hydrogen) atoms. The van der Waals surface area contributed by atoms with Crippen LogP contribution in [-0.4, -0.2) is 0 Å². The van der Waals surface area contributed by atoms with Gasteiger partial charge in [-0.25, -0.2) is 8.78 Å². The molecular weight excluding hydrogens is 350 g/mol. The summed E-state index contributed by atoms with van der Waals surface area (Å²) in [5.41, 5.74) is 4.01. The van der Waals surface area contributed by atoms with Crippen LogP contribution in [0.2, 0.25) is 5.02 Å². The second kappa shape index (κ2) is 6.63. The average molecular weight is 362 g/mol. The highest BCUT2D eigenvalue weighted by molar-refractivity contribution is 9.10. The van der Waals surface area contributed by atoms with Crippen LogP contribution in [0.25, 0.3) is 0 Å². The lowest BCUT2D eigenvalue weighted by Crippen LogP contribution is -2.30. The SMILES string of the molecule is NNC(Cc1ccc(F)cc1Br)c1cccc(F)c1Cl. The summed E-state index contributed by atoms with van der Waals surface area (Å²) in [7, 11) is 0. The molecule has 0 amide bonds. The maximum Gasteiger partial charge on any atom is 0.142 e. The summed E-state index contributed by atoms with van der Waals surface area (Å²) in [6, 6.07) is 8.56. The van der Waals surface area contributed by atoms with Crippen LogP contribution in [0, 0.1) is 11.6 Å². The molecule has 2 nitrogen and oxygen atoms in total. The normalized spacial score (nSPS) is 12.4. The van der Waals surface area contributed by atoms with Crippen LogP contribution in [-0.2, 0) is 6.42 Å². The van der Waals surface area contributed by atoms with Gasteiger partial charge in [-0.1, -0.05) is 45.7 Å². The van der Waals surface area contributed by atoms with E-state index in [1.165, 1.54) is 18.2 Å². The van der Waals surface area contributed by atoms with Crippen LogP contribution < -0.4 is 11.3 Å². The molecule has 0 heterocycles. The number of hydrogen-bond donors (Lipinski definition) is 2. The monoisotopic (exact) mass is 360 g/mol. The van der Waals surface area contributed by atoms with Crippen molar-refractivity contribution in [1.29, 1.82) is 0 Å². The van der Waals surface area contributed by atoms with Gasteiger partial charge < -0.3 is 0 Å². The van der Waals surface area contributed by atoms with Gasteiger partial charge in [0.15, 0.2) is 0 Å². The van der Waals surface area contributed by atoms with Gasteiger partial charge in [0.1, 0.15) is 11.6 Å². The van der Waals surface area contributed by atoms with Crippen molar-refractivity contribution in [3.63, 3.8) is 0 Å². The Bertz CT molecular complexity index is 622. The van der Waals surface area contributed by atoms with Crippen molar-refractivity contribution >= 4 is 27.5 Å². The van der Waals surface area contributed by atoms with Crippen molar-refractivity contribution < 1.29 is 8.78 Å². The lowest BCUT2D eigenvalue weighted by Gasteiger charge is -2.18. The zero-order valence-electron chi connectivity index (χ0n) is 10.3. The number of hydrogen-bond acceptors (Lipinski definition) is 2. The van der Waals surface area contributed by atoms with Crippen LogP contribution in [0.4, 0.5) is 8.78 Å². The summed E-state index contributed by atoms with van der Waals surface area (Å²) >= 11 is 9.25. The van der Waals surface area contributed by atoms with Gasteiger partial charge in [0.05, 0.1) is 11.1 Å². The molecule has 0 aromatic heterocycles. The number of rotatable bonds is 4. The zero-order chi connectivity index (χ0) is 14.7. The Morgan fingerprint density at radius 3 is 2.65 bits per heavy atom. The first-order valence-electron chi connectivity index (χ1n) is 5.87. The maximum atomic E-state index is 13.5. The Morgan fingerprint density at radius 1 is 1.25 bits per heavy atom. The van der Waals surface area contributed by atoms with Crippen LogP contribution in [0.1, 0.15) is 17.2 Å². The molecule has 0 radical (unpaired) electrons. The molecule has 0 aliphatic carbocycles. The van der Waals surface area contributed by atoms with E-state index < -0.39 is 5.82 Å². The smallest absolute Gasteiger partial charge is 0.142 e. The van der Waals surface area contributed by atoms with E-state index in [0.717, 1.165) is 5.56 Å². The fraction of sp³-hybridized carbons (Fsp3) is 0.143. The topological polar surface area (TPSA) is 38.0 Å². The van der Waals surface area contributed by atoms with Gasteiger partial charge in [0.25, 0.3) is 0 Å². The molecular formula is C14H12BrClF2N2. The number of hydrazine groups is 1. The Balaban J connectivity index is 2.31. The molecule has 0 saturated heterocycles. The van der Waals surface area contributed by atoms with E-state index in [-0.39, 0.29) is 16.9 Å². The predicted octanol–water partition coefficient (Wildman–Crippen LogP) is 4.13. The van der Waals surface area contributed by atoms with E-state index in [1.807, 2.05) is 0 Å². The van der Waals surface area contributed by atoms with Gasteiger partial charge in [-0.05, 0) is 35.7 Å².